The van der Waals surface area contributed by atoms with E-state index in [1.807, 2.05) is 31.5 Å². The van der Waals surface area contributed by atoms with Crippen molar-refractivity contribution in [2.24, 2.45) is 42.3 Å². The molecule has 0 spiro atoms. The summed E-state index contributed by atoms with van der Waals surface area (Å²) in [6, 6.07) is 60.2. The third-order valence-corrected chi connectivity index (χ3v) is 18.2. The zero-order valence-corrected chi connectivity index (χ0v) is 67.3. The van der Waals surface area contributed by atoms with Crippen molar-refractivity contribution in [3.05, 3.63) is 275 Å². The van der Waals surface area contributed by atoms with Gasteiger partial charge in [-0.3, -0.25) is 0 Å². The fourth-order valence-electron chi connectivity index (χ4n) is 13.0. The Morgan fingerprint density at radius 1 is 0.253 bits per heavy atom. The van der Waals surface area contributed by atoms with Crippen molar-refractivity contribution < 1.29 is 31.5 Å². The van der Waals surface area contributed by atoms with Crippen molar-refractivity contribution in [1.82, 2.24) is 0 Å². The maximum atomic E-state index is 7.55. The molecule has 6 nitrogen and oxygen atoms in total. The molecule has 4 aromatic carbocycles. The Bertz CT molecular complexity index is 4260. The molecule has 6 heterocycles. The summed E-state index contributed by atoms with van der Waals surface area (Å²) in [5.74, 6) is 0. The molecular weight excluding hydrogens is 1200 g/mol. The minimum Gasteiger partial charge on any atom is -0.205 e. The lowest BCUT2D eigenvalue weighted by atomic mass is 9.83. The highest BCUT2D eigenvalue weighted by Crippen LogP contribution is 2.31. The van der Waals surface area contributed by atoms with Crippen LogP contribution in [-0.2, 0) is 80.2 Å². The summed E-state index contributed by atoms with van der Waals surface area (Å²) in [7, 11) is 12.5. The first kappa shape index (κ1) is 76.5. The lowest BCUT2D eigenvalue weighted by Crippen LogP contribution is -2.41. The zero-order chi connectivity index (χ0) is 77.1. The number of rotatable bonds is 4. The molecule has 10 aromatic rings. The number of hydrogen-bond acceptors (Lipinski definition) is 0. The van der Waals surface area contributed by atoms with E-state index in [0.29, 0.717) is 5.56 Å². The lowest BCUT2D eigenvalue weighted by molar-refractivity contribution is -0.683. The van der Waals surface area contributed by atoms with Gasteiger partial charge in [-0.15, -0.1) is 0 Å². The lowest BCUT2D eigenvalue weighted by Gasteiger charge is -2.22. The van der Waals surface area contributed by atoms with Crippen LogP contribution in [0.2, 0.25) is 0 Å². The van der Waals surface area contributed by atoms with E-state index in [0.717, 1.165) is 11.1 Å². The molecule has 0 N–H and O–H groups in total. The monoisotopic (exact) mass is 1330 g/mol. The number of aromatic nitrogens is 6. The fourth-order valence-corrected chi connectivity index (χ4v) is 13.0. The Morgan fingerprint density at radius 3 is 0.949 bits per heavy atom. The third kappa shape index (κ3) is 23.2. The predicted octanol–water partition coefficient (Wildman–Crippen LogP) is 20.4. The van der Waals surface area contributed by atoms with E-state index in [9.17, 15) is 0 Å². The summed E-state index contributed by atoms with van der Waals surface area (Å²) < 4.78 is 35.7. The van der Waals surface area contributed by atoms with E-state index in [4.69, 9.17) is 4.11 Å². The quantitative estimate of drug-likeness (QED) is 0.157. The standard InChI is InChI=1S/2C17H22N.2C16H20N.C14H24N.C13H22N/c2*1-13-11-16(17(2,3)4)18(5)12-15(13)14-9-7-6-8-10-14;1-16(2,3)15-12-14(10-11-17(15)4)13-8-6-5-7-9-13;1-16(2,3)15-11-10-14(12-17(15)4)13-8-6-5-7-9-13;1-13(2,3)11-8-9-15(7)12(10-11)14(4,5)6;1-9-8-14(7)12(13(4,5)6)11(3)10(9)2/h2*6-12H,1-5H3;2*5-12H,1-4H3;8-10H,1-7H3;8H,1-7H3/q6*+1/i;;;;;1D3. The van der Waals surface area contributed by atoms with Crippen LogP contribution in [-0.4, -0.2) is 0 Å². The highest BCUT2D eigenvalue weighted by atomic mass is 15.0. The highest BCUT2D eigenvalue weighted by Gasteiger charge is 2.31. The van der Waals surface area contributed by atoms with Crippen LogP contribution in [0.1, 0.15) is 217 Å². The Kier molecular flexibility index (Phi) is 25.7. The molecule has 0 unspecified atom stereocenters. The van der Waals surface area contributed by atoms with Crippen LogP contribution in [0.5, 0.6) is 0 Å². The van der Waals surface area contributed by atoms with E-state index in [-0.39, 0.29) is 37.9 Å². The van der Waals surface area contributed by atoms with Gasteiger partial charge in [0.2, 0.25) is 0 Å². The fraction of sp³-hybridized carbons (Fsp3) is 0.419. The van der Waals surface area contributed by atoms with Gasteiger partial charge in [-0.2, -0.15) is 0 Å². The molecular formula is C93H130N6+6. The van der Waals surface area contributed by atoms with Crippen LogP contribution in [0.25, 0.3) is 44.5 Å². The largest absolute Gasteiger partial charge is 0.205 e. The van der Waals surface area contributed by atoms with E-state index < -0.39 is 6.85 Å². The van der Waals surface area contributed by atoms with Crippen LogP contribution in [0.4, 0.5) is 0 Å². The molecule has 0 aliphatic heterocycles. The molecule has 526 valence electrons. The van der Waals surface area contributed by atoms with Gasteiger partial charge in [-0.05, 0) is 96.1 Å². The average molecular weight is 1340 g/mol. The van der Waals surface area contributed by atoms with Gasteiger partial charge in [0.25, 0.3) is 0 Å². The first-order chi connectivity index (χ1) is 46.8. The van der Waals surface area contributed by atoms with Crippen molar-refractivity contribution in [3.63, 3.8) is 0 Å². The Balaban J connectivity index is 0.000000221. The summed E-state index contributed by atoms with van der Waals surface area (Å²) in [5.41, 5.74) is 25.9. The molecule has 6 heteroatoms. The number of benzene rings is 4. The molecule has 0 aliphatic rings. The Labute approximate surface area is 607 Å². The summed E-state index contributed by atoms with van der Waals surface area (Å²) in [4.78, 5) is 0. The van der Waals surface area contributed by atoms with Gasteiger partial charge < -0.3 is 0 Å². The summed E-state index contributed by atoms with van der Waals surface area (Å²) >= 11 is 0. The second-order valence-electron chi connectivity index (χ2n) is 34.4. The number of nitrogens with zero attached hydrogens (tertiary/aromatic N) is 6. The maximum absolute atomic E-state index is 7.55. The van der Waals surface area contributed by atoms with Gasteiger partial charge >= 0.3 is 0 Å². The van der Waals surface area contributed by atoms with Gasteiger partial charge in [0, 0.05) is 107 Å². The molecule has 0 aliphatic carbocycles. The summed E-state index contributed by atoms with van der Waals surface area (Å²) in [6.07, 6.45) is 12.7. The minimum atomic E-state index is -2.04. The van der Waals surface area contributed by atoms with Crippen LogP contribution in [0.15, 0.2) is 207 Å². The molecule has 0 radical (unpaired) electrons. The zero-order valence-electron chi connectivity index (χ0n) is 70.3. The van der Waals surface area contributed by atoms with Crippen molar-refractivity contribution in [3.8, 4) is 44.5 Å². The molecule has 0 saturated heterocycles. The molecule has 0 fully saturated rings. The average Bonchev–Trinajstić information content (AvgIpc) is 0.784. The van der Waals surface area contributed by atoms with Crippen molar-refractivity contribution in [2.45, 2.75) is 218 Å². The Morgan fingerprint density at radius 2 is 0.596 bits per heavy atom. The molecule has 0 atom stereocenters. The van der Waals surface area contributed by atoms with Crippen LogP contribution in [0.3, 0.4) is 0 Å². The van der Waals surface area contributed by atoms with Crippen molar-refractivity contribution in [2.75, 3.05) is 0 Å². The topological polar surface area (TPSA) is 23.3 Å². The molecule has 0 bridgehead atoms. The second kappa shape index (κ2) is 33.3. The van der Waals surface area contributed by atoms with Crippen molar-refractivity contribution in [1.29, 1.82) is 0 Å². The van der Waals surface area contributed by atoms with Gasteiger partial charge in [-0.1, -0.05) is 267 Å². The van der Waals surface area contributed by atoms with Gasteiger partial charge in [0.15, 0.2) is 71.3 Å². The van der Waals surface area contributed by atoms with E-state index in [1.165, 1.54) is 95.4 Å². The first-order valence-electron chi connectivity index (χ1n) is 37.1. The first-order valence-corrected chi connectivity index (χ1v) is 35.6. The maximum Gasteiger partial charge on any atom is 0.189 e. The smallest absolute Gasteiger partial charge is 0.189 e. The highest BCUT2D eigenvalue weighted by molar-refractivity contribution is 5.67. The minimum absolute atomic E-state index is 0.0108. The van der Waals surface area contributed by atoms with Crippen LogP contribution < -0.4 is 27.4 Å². The number of pyridine rings is 6. The van der Waals surface area contributed by atoms with Crippen LogP contribution in [0, 0.1) is 34.5 Å². The molecule has 0 amide bonds. The number of hydrogen-bond donors (Lipinski definition) is 0. The summed E-state index contributed by atoms with van der Waals surface area (Å²) in [5, 5.41) is 0. The summed E-state index contributed by atoms with van der Waals surface area (Å²) in [6.45, 7) is 53.2. The van der Waals surface area contributed by atoms with Gasteiger partial charge in [-0.25, -0.2) is 27.4 Å². The molecule has 6 aromatic heterocycles. The van der Waals surface area contributed by atoms with E-state index in [1.54, 1.807) is 6.20 Å². The Hall–Kier alpha value is -8.22. The van der Waals surface area contributed by atoms with Gasteiger partial charge in [0.1, 0.15) is 42.3 Å². The SMILES string of the molecule is C[n+]1cc(-c2ccccc2)ccc1C(C)(C)C.C[n+]1ccc(-c2ccccc2)cc1C(C)(C)C.C[n+]1ccc(C(C)(C)C)cc1C(C)(C)C.Cc1cc(C(C)(C)C)[n+](C)cc1-c1ccccc1.Cc1cc(C(C)(C)C)[n+](C)cc1-c1ccccc1.[2H]C([2H])([2H])c1c[n+](C)c(C(C)(C)C)c(C)c1C. The molecule has 99 heavy (non-hydrogen) atoms. The third-order valence-electron chi connectivity index (χ3n) is 18.2. The van der Waals surface area contributed by atoms with Gasteiger partial charge in [0.05, 0.1) is 0 Å². The van der Waals surface area contributed by atoms with Crippen LogP contribution >= 0.6 is 0 Å². The molecule has 0 saturated carbocycles. The second-order valence-corrected chi connectivity index (χ2v) is 34.4. The van der Waals surface area contributed by atoms with E-state index >= 15 is 0 Å². The number of aryl methyl sites for hydroxylation is 9. The van der Waals surface area contributed by atoms with Crippen molar-refractivity contribution >= 4 is 0 Å². The normalized spacial score (nSPS) is 12.4. The van der Waals surface area contributed by atoms with E-state index in [2.05, 4.69) is 412 Å². The molecule has 10 rings (SSSR count). The predicted molar refractivity (Wildman–Crippen MR) is 422 cm³/mol.